The highest BCUT2D eigenvalue weighted by Gasteiger charge is 2.15. The fourth-order valence-corrected chi connectivity index (χ4v) is 4.42. The Kier molecular flexibility index (Phi) is 5.59. The van der Waals surface area contributed by atoms with Gasteiger partial charge in [-0.25, -0.2) is 0 Å². The van der Waals surface area contributed by atoms with Crippen LogP contribution in [0.25, 0.3) is 22.0 Å². The summed E-state index contributed by atoms with van der Waals surface area (Å²) in [6, 6.07) is 17.1. The van der Waals surface area contributed by atoms with E-state index in [1.54, 1.807) is 6.20 Å². The molecular formula is C26H26N6. The van der Waals surface area contributed by atoms with Crippen molar-refractivity contribution in [3.63, 3.8) is 0 Å². The molecule has 0 bridgehead atoms. The van der Waals surface area contributed by atoms with Gasteiger partial charge >= 0.3 is 0 Å². The third-order valence-electron chi connectivity index (χ3n) is 6.18. The van der Waals surface area contributed by atoms with Crippen LogP contribution < -0.4 is 10.6 Å². The molecule has 0 spiro atoms. The van der Waals surface area contributed by atoms with E-state index in [1.807, 2.05) is 12.4 Å². The molecule has 2 aromatic carbocycles. The van der Waals surface area contributed by atoms with Crippen LogP contribution in [0.1, 0.15) is 16.7 Å². The van der Waals surface area contributed by atoms with E-state index < -0.39 is 0 Å². The maximum atomic E-state index is 9.80. The van der Waals surface area contributed by atoms with Crippen molar-refractivity contribution in [2.24, 2.45) is 0 Å². The molecule has 0 atom stereocenters. The molecule has 6 nitrogen and oxygen atoms in total. The number of hydrogen-bond donors (Lipinski definition) is 3. The first-order valence-corrected chi connectivity index (χ1v) is 11.0. The molecular weight excluding hydrogens is 396 g/mol. The van der Waals surface area contributed by atoms with Crippen LogP contribution in [-0.4, -0.2) is 41.0 Å². The molecule has 0 unspecified atom stereocenters. The Hall–Kier alpha value is -3.66. The number of rotatable bonds is 5. The zero-order valence-electron chi connectivity index (χ0n) is 18.2. The zero-order chi connectivity index (χ0) is 21.9. The maximum Gasteiger partial charge on any atom is 0.103 e. The van der Waals surface area contributed by atoms with Crippen molar-refractivity contribution in [1.29, 1.82) is 5.26 Å². The fraction of sp³-hybridized carbons (Fsp3) is 0.231. The maximum absolute atomic E-state index is 9.80. The van der Waals surface area contributed by atoms with Crippen molar-refractivity contribution < 1.29 is 0 Å². The number of nitriles is 1. The predicted octanol–water partition coefficient (Wildman–Crippen LogP) is 4.56. The van der Waals surface area contributed by atoms with Gasteiger partial charge in [0, 0.05) is 73.5 Å². The Morgan fingerprint density at radius 1 is 1.12 bits per heavy atom. The van der Waals surface area contributed by atoms with Crippen molar-refractivity contribution in [3.8, 4) is 17.2 Å². The summed E-state index contributed by atoms with van der Waals surface area (Å²) in [5.74, 6) is 0. The number of nitrogens with one attached hydrogen (secondary N) is 3. The van der Waals surface area contributed by atoms with E-state index in [0.717, 1.165) is 66.3 Å². The van der Waals surface area contributed by atoms with Gasteiger partial charge in [-0.05, 0) is 47.9 Å². The average Bonchev–Trinajstić information content (AvgIpc) is 3.31. The Morgan fingerprint density at radius 3 is 2.84 bits per heavy atom. The number of fused-ring (bicyclic) bond motifs is 1. The number of piperazine rings is 1. The Balaban J connectivity index is 1.52. The molecule has 160 valence electrons. The summed E-state index contributed by atoms with van der Waals surface area (Å²) in [7, 11) is 0. The number of aromatic nitrogens is 2. The molecule has 6 heteroatoms. The highest BCUT2D eigenvalue weighted by Crippen LogP contribution is 2.35. The smallest absolute Gasteiger partial charge is 0.103 e. The molecule has 0 saturated carbocycles. The van der Waals surface area contributed by atoms with Gasteiger partial charge in [0.15, 0.2) is 0 Å². The van der Waals surface area contributed by atoms with Gasteiger partial charge < -0.3 is 15.6 Å². The summed E-state index contributed by atoms with van der Waals surface area (Å²) in [6.45, 7) is 7.21. The third-order valence-corrected chi connectivity index (χ3v) is 6.18. The summed E-state index contributed by atoms with van der Waals surface area (Å²) in [4.78, 5) is 10.1. The first-order valence-electron chi connectivity index (χ1n) is 11.0. The number of hydrogen-bond acceptors (Lipinski definition) is 5. The summed E-state index contributed by atoms with van der Waals surface area (Å²) in [5, 5.41) is 17.9. The fourth-order valence-electron chi connectivity index (χ4n) is 4.42. The van der Waals surface area contributed by atoms with Gasteiger partial charge in [-0.2, -0.15) is 5.26 Å². The minimum atomic E-state index is 0.531. The Morgan fingerprint density at radius 2 is 2.00 bits per heavy atom. The largest absolute Gasteiger partial charge is 0.361 e. The van der Waals surface area contributed by atoms with Crippen LogP contribution in [0.2, 0.25) is 0 Å². The molecule has 1 aliphatic heterocycles. The number of benzene rings is 2. The highest BCUT2D eigenvalue weighted by atomic mass is 15.2. The molecule has 0 radical (unpaired) electrons. The Labute approximate surface area is 187 Å². The van der Waals surface area contributed by atoms with E-state index in [9.17, 15) is 5.26 Å². The van der Waals surface area contributed by atoms with Gasteiger partial charge in [0.05, 0.1) is 11.3 Å². The third kappa shape index (κ3) is 3.96. The number of anilines is 2. The predicted molar refractivity (Wildman–Crippen MR) is 129 cm³/mol. The molecule has 32 heavy (non-hydrogen) atoms. The highest BCUT2D eigenvalue weighted by molar-refractivity contribution is 5.91. The van der Waals surface area contributed by atoms with Gasteiger partial charge in [0.25, 0.3) is 0 Å². The van der Waals surface area contributed by atoms with Gasteiger partial charge in [-0.1, -0.05) is 18.2 Å². The second-order valence-corrected chi connectivity index (χ2v) is 8.25. The molecule has 1 fully saturated rings. The van der Waals surface area contributed by atoms with Crippen LogP contribution in [0.5, 0.6) is 0 Å². The summed E-state index contributed by atoms with van der Waals surface area (Å²) in [6.07, 6.45) is 5.42. The number of aromatic amines is 1. The SMILES string of the molecule is Cc1c(Nc2c(C#N)cncc2-c2cccc(CN3CCNCC3)c2)ccc2[nH]ccc12. The van der Waals surface area contributed by atoms with E-state index in [-0.39, 0.29) is 0 Å². The van der Waals surface area contributed by atoms with Crippen LogP contribution in [0.15, 0.2) is 61.1 Å². The topological polar surface area (TPSA) is 79.8 Å². The zero-order valence-corrected chi connectivity index (χ0v) is 18.2. The summed E-state index contributed by atoms with van der Waals surface area (Å²) >= 11 is 0. The first-order chi connectivity index (χ1) is 15.7. The van der Waals surface area contributed by atoms with Crippen molar-refractivity contribution in [3.05, 3.63) is 77.7 Å². The van der Waals surface area contributed by atoms with Crippen molar-refractivity contribution >= 4 is 22.3 Å². The van der Waals surface area contributed by atoms with Crippen LogP contribution in [0, 0.1) is 18.3 Å². The minimum Gasteiger partial charge on any atom is -0.361 e. The molecule has 5 rings (SSSR count). The van der Waals surface area contributed by atoms with Crippen LogP contribution in [0.3, 0.4) is 0 Å². The summed E-state index contributed by atoms with van der Waals surface area (Å²) in [5.41, 5.74) is 7.81. The standard InChI is InChI=1S/C26H26N6/c1-18-22-7-8-30-25(22)6-5-24(18)31-26-21(14-27)15-29-16-23(26)20-4-2-3-19(13-20)17-32-11-9-28-10-12-32/h2-8,13,15-16,28,30H,9-12,17H2,1H3,(H,29,31). The lowest BCUT2D eigenvalue weighted by Crippen LogP contribution is -2.42. The lowest BCUT2D eigenvalue weighted by Gasteiger charge is -2.27. The molecule has 2 aromatic heterocycles. The van der Waals surface area contributed by atoms with Crippen molar-refractivity contribution in [2.75, 3.05) is 31.5 Å². The monoisotopic (exact) mass is 422 g/mol. The van der Waals surface area contributed by atoms with Crippen LogP contribution >= 0.6 is 0 Å². The van der Waals surface area contributed by atoms with Crippen LogP contribution in [-0.2, 0) is 6.54 Å². The van der Waals surface area contributed by atoms with E-state index in [4.69, 9.17) is 0 Å². The van der Waals surface area contributed by atoms with E-state index in [1.165, 1.54) is 10.9 Å². The quantitative estimate of drug-likeness (QED) is 0.439. The second kappa shape index (κ2) is 8.83. The van der Waals surface area contributed by atoms with Gasteiger partial charge in [0.1, 0.15) is 6.07 Å². The molecule has 0 amide bonds. The molecule has 1 saturated heterocycles. The second-order valence-electron chi connectivity index (χ2n) is 8.25. The molecule has 4 aromatic rings. The van der Waals surface area contributed by atoms with Gasteiger partial charge in [-0.3, -0.25) is 9.88 Å². The number of pyridine rings is 1. The van der Waals surface area contributed by atoms with E-state index >= 15 is 0 Å². The van der Waals surface area contributed by atoms with E-state index in [0.29, 0.717) is 5.56 Å². The van der Waals surface area contributed by atoms with Crippen molar-refractivity contribution in [2.45, 2.75) is 13.5 Å². The molecule has 0 aliphatic carbocycles. The molecule has 1 aliphatic rings. The molecule has 3 N–H and O–H groups in total. The molecule has 3 heterocycles. The lowest BCUT2D eigenvalue weighted by atomic mass is 10.00. The normalized spacial score (nSPS) is 14.4. The van der Waals surface area contributed by atoms with Crippen LogP contribution in [0.4, 0.5) is 11.4 Å². The van der Waals surface area contributed by atoms with Gasteiger partial charge in [0.2, 0.25) is 0 Å². The Bertz CT molecular complexity index is 1290. The number of nitrogens with zero attached hydrogens (tertiary/aromatic N) is 3. The van der Waals surface area contributed by atoms with Gasteiger partial charge in [-0.15, -0.1) is 0 Å². The minimum absolute atomic E-state index is 0.531. The van der Waals surface area contributed by atoms with Crippen molar-refractivity contribution in [1.82, 2.24) is 20.2 Å². The number of aryl methyl sites for hydroxylation is 1. The number of H-pyrrole nitrogens is 1. The summed E-state index contributed by atoms with van der Waals surface area (Å²) < 4.78 is 0. The lowest BCUT2D eigenvalue weighted by molar-refractivity contribution is 0.233. The first kappa shape index (κ1) is 20.3. The van der Waals surface area contributed by atoms with E-state index in [2.05, 4.69) is 81.0 Å². The average molecular weight is 423 g/mol.